The van der Waals surface area contributed by atoms with Gasteiger partial charge in [-0.25, -0.2) is 13.4 Å². The van der Waals surface area contributed by atoms with Gasteiger partial charge in [0.25, 0.3) is 5.91 Å². The molecule has 1 aromatic carbocycles. The predicted octanol–water partition coefficient (Wildman–Crippen LogP) is 2.46. The molecule has 2 aromatic rings. The van der Waals surface area contributed by atoms with Crippen molar-refractivity contribution in [2.45, 2.75) is 36.5 Å². The molecule has 10 heteroatoms. The van der Waals surface area contributed by atoms with Crippen LogP contribution >= 0.6 is 0 Å². The fourth-order valence-electron chi connectivity index (χ4n) is 3.05. The minimum Gasteiger partial charge on any atom is -0.472 e. The molecule has 0 bridgehead atoms. The number of hydrogen-bond donors (Lipinski definition) is 0. The molecule has 0 spiro atoms. The number of aryl methyl sites for hydroxylation is 1. The fourth-order valence-corrected chi connectivity index (χ4v) is 3.97. The molecule has 1 fully saturated rings. The van der Waals surface area contributed by atoms with Crippen LogP contribution in [0.1, 0.15) is 29.0 Å². The molecule has 1 unspecified atom stereocenters. The second kappa shape index (κ2) is 8.17. The van der Waals surface area contributed by atoms with E-state index in [1.807, 2.05) is 0 Å². The number of hydrogen-bond acceptors (Lipinski definition) is 6. The predicted molar refractivity (Wildman–Crippen MR) is 96.0 cm³/mol. The Bertz CT molecular complexity index is 969. The minimum absolute atomic E-state index is 0.199. The Morgan fingerprint density at radius 3 is 2.75 bits per heavy atom. The van der Waals surface area contributed by atoms with Crippen LogP contribution in [0, 0.1) is 6.92 Å². The second-order valence-corrected chi connectivity index (χ2v) is 8.26. The normalized spacial score (nSPS) is 17.6. The number of halogens is 2. The molecule has 1 aliphatic rings. The fraction of sp³-hybridized carbons (Fsp3) is 0.389. The van der Waals surface area contributed by atoms with E-state index >= 15 is 0 Å². The first-order valence-electron chi connectivity index (χ1n) is 8.65. The maximum atomic E-state index is 13.0. The van der Waals surface area contributed by atoms with Crippen LogP contribution in [0.2, 0.25) is 0 Å². The molecular formula is C18H19F2N3O4S. The Balaban J connectivity index is 1.80. The summed E-state index contributed by atoms with van der Waals surface area (Å²) in [4.78, 5) is 21.8. The second-order valence-electron chi connectivity index (χ2n) is 6.38. The number of likely N-dealkylation sites (tertiary alicyclic amines) is 1. The highest BCUT2D eigenvalue weighted by atomic mass is 32.2. The van der Waals surface area contributed by atoms with E-state index in [2.05, 4.69) is 9.97 Å². The lowest BCUT2D eigenvalue weighted by Crippen LogP contribution is -2.44. The van der Waals surface area contributed by atoms with Crippen molar-refractivity contribution >= 4 is 15.7 Å². The molecule has 1 amide bonds. The SMILES string of the molecule is Cc1nccc(OC2CCCN(C(=O)c3ccccc3S(=O)(=O)C(F)F)C2)n1. The number of rotatable bonds is 5. The van der Waals surface area contributed by atoms with Crippen molar-refractivity contribution in [2.75, 3.05) is 13.1 Å². The highest BCUT2D eigenvalue weighted by Gasteiger charge is 2.33. The number of nitrogens with zero attached hydrogens (tertiary/aromatic N) is 3. The summed E-state index contributed by atoms with van der Waals surface area (Å²) in [6.07, 6.45) is 2.54. The molecule has 0 radical (unpaired) electrons. The Labute approximate surface area is 161 Å². The zero-order chi connectivity index (χ0) is 20.3. The van der Waals surface area contributed by atoms with Gasteiger partial charge in [-0.05, 0) is 31.9 Å². The topological polar surface area (TPSA) is 89.5 Å². The van der Waals surface area contributed by atoms with E-state index in [4.69, 9.17) is 4.74 Å². The van der Waals surface area contributed by atoms with Gasteiger partial charge in [-0.1, -0.05) is 12.1 Å². The first-order chi connectivity index (χ1) is 13.3. The number of sulfone groups is 1. The van der Waals surface area contributed by atoms with E-state index in [0.717, 1.165) is 6.07 Å². The highest BCUT2D eigenvalue weighted by molar-refractivity contribution is 7.91. The molecule has 1 aliphatic heterocycles. The molecule has 150 valence electrons. The summed E-state index contributed by atoms with van der Waals surface area (Å²) in [5.74, 6) is -3.29. The first kappa shape index (κ1) is 20.1. The summed E-state index contributed by atoms with van der Waals surface area (Å²) in [5, 5.41) is 0. The van der Waals surface area contributed by atoms with Crippen LogP contribution in [-0.2, 0) is 9.84 Å². The van der Waals surface area contributed by atoms with Gasteiger partial charge in [0.2, 0.25) is 15.7 Å². The molecule has 0 N–H and O–H groups in total. The number of carbonyl (C=O) groups excluding carboxylic acids is 1. The van der Waals surface area contributed by atoms with E-state index in [9.17, 15) is 22.0 Å². The number of amides is 1. The lowest BCUT2D eigenvalue weighted by Gasteiger charge is -2.33. The van der Waals surface area contributed by atoms with Gasteiger partial charge in [0.1, 0.15) is 11.9 Å². The zero-order valence-electron chi connectivity index (χ0n) is 15.1. The van der Waals surface area contributed by atoms with Gasteiger partial charge in [0.05, 0.1) is 17.0 Å². The summed E-state index contributed by atoms with van der Waals surface area (Å²) in [6, 6.07) is 6.63. The number of carbonyl (C=O) groups is 1. The number of benzene rings is 1. The Kier molecular flexibility index (Phi) is 5.87. The molecule has 7 nitrogen and oxygen atoms in total. The largest absolute Gasteiger partial charge is 0.472 e. The van der Waals surface area contributed by atoms with E-state index in [0.29, 0.717) is 31.1 Å². The minimum atomic E-state index is -4.89. The van der Waals surface area contributed by atoms with Gasteiger partial charge in [-0.2, -0.15) is 13.8 Å². The summed E-state index contributed by atoms with van der Waals surface area (Å²) >= 11 is 0. The van der Waals surface area contributed by atoms with Crippen LogP contribution in [0.15, 0.2) is 41.4 Å². The van der Waals surface area contributed by atoms with Crippen molar-refractivity contribution in [3.05, 3.63) is 47.9 Å². The van der Waals surface area contributed by atoms with Gasteiger partial charge < -0.3 is 9.64 Å². The van der Waals surface area contributed by atoms with E-state index in [1.165, 1.54) is 23.1 Å². The van der Waals surface area contributed by atoms with Crippen molar-refractivity contribution in [1.82, 2.24) is 14.9 Å². The van der Waals surface area contributed by atoms with Gasteiger partial charge in [-0.3, -0.25) is 4.79 Å². The van der Waals surface area contributed by atoms with Gasteiger partial charge >= 0.3 is 5.76 Å². The van der Waals surface area contributed by atoms with Gasteiger partial charge in [-0.15, -0.1) is 0 Å². The van der Waals surface area contributed by atoms with E-state index in [1.54, 1.807) is 19.2 Å². The summed E-state index contributed by atoms with van der Waals surface area (Å²) < 4.78 is 55.6. The third-order valence-electron chi connectivity index (χ3n) is 4.36. The van der Waals surface area contributed by atoms with Gasteiger partial charge in [0, 0.05) is 18.8 Å². The molecule has 3 rings (SSSR count). The number of alkyl halides is 2. The smallest absolute Gasteiger partial charge is 0.341 e. The van der Waals surface area contributed by atoms with Crippen LogP contribution in [0.3, 0.4) is 0 Å². The third-order valence-corrected chi connectivity index (χ3v) is 5.80. The number of ether oxygens (including phenoxy) is 1. The molecule has 0 saturated carbocycles. The summed E-state index contributed by atoms with van der Waals surface area (Å²) in [5.41, 5.74) is -0.263. The number of piperidine rings is 1. The third kappa shape index (κ3) is 4.27. The van der Waals surface area contributed by atoms with E-state index in [-0.39, 0.29) is 18.2 Å². The molecule has 2 heterocycles. The van der Waals surface area contributed by atoms with Crippen LogP contribution in [0.25, 0.3) is 0 Å². The van der Waals surface area contributed by atoms with Gasteiger partial charge in [0.15, 0.2) is 0 Å². The first-order valence-corrected chi connectivity index (χ1v) is 10.2. The monoisotopic (exact) mass is 411 g/mol. The molecule has 28 heavy (non-hydrogen) atoms. The lowest BCUT2D eigenvalue weighted by atomic mass is 10.1. The van der Waals surface area contributed by atoms with Crippen molar-refractivity contribution in [3.8, 4) is 5.88 Å². The van der Waals surface area contributed by atoms with Crippen LogP contribution in [0.5, 0.6) is 5.88 Å². The lowest BCUT2D eigenvalue weighted by molar-refractivity contribution is 0.0523. The number of aromatic nitrogens is 2. The zero-order valence-corrected chi connectivity index (χ0v) is 15.9. The van der Waals surface area contributed by atoms with Crippen molar-refractivity contribution < 1.29 is 26.7 Å². The molecule has 1 aromatic heterocycles. The Hall–Kier alpha value is -2.62. The quantitative estimate of drug-likeness (QED) is 0.751. The standard InChI is InChI=1S/C18H19F2N3O4S/c1-12-21-9-8-16(22-12)27-13-5-4-10-23(11-13)17(24)14-6-2-3-7-15(14)28(25,26)18(19)20/h2-3,6-9,13,18H,4-5,10-11H2,1H3. The average Bonchev–Trinajstić information content (AvgIpc) is 2.67. The highest BCUT2D eigenvalue weighted by Crippen LogP contribution is 2.25. The Morgan fingerprint density at radius 1 is 1.29 bits per heavy atom. The van der Waals surface area contributed by atoms with Crippen molar-refractivity contribution in [2.24, 2.45) is 0 Å². The summed E-state index contributed by atoms with van der Waals surface area (Å²) in [6.45, 7) is 2.31. The van der Waals surface area contributed by atoms with Crippen molar-refractivity contribution in [3.63, 3.8) is 0 Å². The Morgan fingerprint density at radius 2 is 2.04 bits per heavy atom. The van der Waals surface area contributed by atoms with Crippen LogP contribution in [0.4, 0.5) is 8.78 Å². The molecular weight excluding hydrogens is 392 g/mol. The molecule has 1 saturated heterocycles. The maximum absolute atomic E-state index is 13.0. The average molecular weight is 411 g/mol. The van der Waals surface area contributed by atoms with Crippen LogP contribution in [-0.4, -0.2) is 54.1 Å². The van der Waals surface area contributed by atoms with Crippen LogP contribution < -0.4 is 4.74 Å². The summed E-state index contributed by atoms with van der Waals surface area (Å²) in [7, 11) is -4.89. The molecule has 0 aliphatic carbocycles. The maximum Gasteiger partial charge on any atom is 0.341 e. The van der Waals surface area contributed by atoms with E-state index < -0.39 is 26.4 Å². The van der Waals surface area contributed by atoms with Crippen molar-refractivity contribution in [1.29, 1.82) is 0 Å². The molecule has 1 atom stereocenters.